The Kier molecular flexibility index (Phi) is 6.69. The average Bonchev–Trinajstić information content (AvgIpc) is 3.28. The van der Waals surface area contributed by atoms with Gasteiger partial charge in [-0.2, -0.15) is 5.10 Å². The monoisotopic (exact) mass is 442 g/mol. The number of hydrogen-bond donors (Lipinski definition) is 1. The minimum absolute atomic E-state index is 0.228. The zero-order valence-corrected chi connectivity index (χ0v) is 18.9. The van der Waals surface area contributed by atoms with E-state index < -0.39 is 0 Å². The van der Waals surface area contributed by atoms with Crippen LogP contribution in [0.15, 0.2) is 73.2 Å². The van der Waals surface area contributed by atoms with Crippen molar-refractivity contribution in [1.29, 1.82) is 0 Å². The van der Waals surface area contributed by atoms with E-state index in [1.165, 1.54) is 5.56 Å². The fraction of sp³-hybridized carbons (Fsp3) is 0.192. The molecule has 0 aliphatic carbocycles. The molecular weight excluding hydrogens is 416 g/mol. The summed E-state index contributed by atoms with van der Waals surface area (Å²) in [5.74, 6) is 0.886. The summed E-state index contributed by atoms with van der Waals surface area (Å²) >= 11 is 0. The number of benzene rings is 2. The maximum absolute atomic E-state index is 13.1. The van der Waals surface area contributed by atoms with Crippen LogP contribution in [-0.4, -0.2) is 27.8 Å². The minimum Gasteiger partial charge on any atom is -0.493 e. The summed E-state index contributed by atoms with van der Waals surface area (Å²) in [6, 6.07) is 17.1. The van der Waals surface area contributed by atoms with Crippen molar-refractivity contribution in [3.8, 4) is 17.2 Å². The summed E-state index contributed by atoms with van der Waals surface area (Å²) in [4.78, 5) is 17.2. The number of methoxy groups -OCH3 is 1. The number of anilines is 1. The van der Waals surface area contributed by atoms with Gasteiger partial charge in [-0.15, -0.1) is 0 Å². The SMILES string of the molecule is CCc1c(C(=O)Nc2ccc(OC)c(OCc3cccnc3)c2)cnn1-c1ccc(C)cc1. The largest absolute Gasteiger partial charge is 0.493 e. The highest BCUT2D eigenvalue weighted by Gasteiger charge is 2.18. The van der Waals surface area contributed by atoms with E-state index >= 15 is 0 Å². The van der Waals surface area contributed by atoms with Gasteiger partial charge in [0.1, 0.15) is 6.61 Å². The molecular formula is C26H26N4O3. The molecule has 7 nitrogen and oxygen atoms in total. The van der Waals surface area contributed by atoms with E-state index in [-0.39, 0.29) is 5.91 Å². The highest BCUT2D eigenvalue weighted by molar-refractivity contribution is 6.05. The van der Waals surface area contributed by atoms with E-state index in [0.29, 0.717) is 35.8 Å². The van der Waals surface area contributed by atoms with E-state index in [2.05, 4.69) is 15.4 Å². The van der Waals surface area contributed by atoms with Gasteiger partial charge in [-0.25, -0.2) is 4.68 Å². The third kappa shape index (κ3) is 5.03. The molecule has 2 heterocycles. The smallest absolute Gasteiger partial charge is 0.259 e. The van der Waals surface area contributed by atoms with Gasteiger partial charge >= 0.3 is 0 Å². The lowest BCUT2D eigenvalue weighted by Crippen LogP contribution is -2.14. The topological polar surface area (TPSA) is 78.3 Å². The van der Waals surface area contributed by atoms with E-state index in [0.717, 1.165) is 16.9 Å². The molecule has 33 heavy (non-hydrogen) atoms. The standard InChI is InChI=1S/C26H26N4O3/c1-4-23-22(16-28-30(23)21-10-7-18(2)8-11-21)26(31)29-20-9-12-24(32-3)25(14-20)33-17-19-6-5-13-27-15-19/h5-16H,4,17H2,1-3H3,(H,29,31). The summed E-state index contributed by atoms with van der Waals surface area (Å²) in [6.07, 6.45) is 5.73. The van der Waals surface area contributed by atoms with Crippen LogP contribution < -0.4 is 14.8 Å². The van der Waals surface area contributed by atoms with Gasteiger partial charge < -0.3 is 14.8 Å². The number of hydrogen-bond acceptors (Lipinski definition) is 5. The van der Waals surface area contributed by atoms with E-state index in [1.807, 2.05) is 54.9 Å². The second-order valence-corrected chi connectivity index (χ2v) is 7.58. The van der Waals surface area contributed by atoms with Crippen LogP contribution in [0.3, 0.4) is 0 Å². The first-order valence-corrected chi connectivity index (χ1v) is 10.7. The van der Waals surface area contributed by atoms with Gasteiger partial charge in [0.25, 0.3) is 5.91 Å². The molecule has 0 bridgehead atoms. The zero-order valence-electron chi connectivity index (χ0n) is 18.9. The molecule has 0 saturated heterocycles. The molecule has 2 aromatic carbocycles. The van der Waals surface area contributed by atoms with Gasteiger partial charge in [0.15, 0.2) is 11.5 Å². The Balaban J connectivity index is 1.54. The Morgan fingerprint density at radius 3 is 2.58 bits per heavy atom. The molecule has 0 aliphatic heterocycles. The maximum Gasteiger partial charge on any atom is 0.259 e. The number of pyridine rings is 1. The Morgan fingerprint density at radius 1 is 1.06 bits per heavy atom. The lowest BCUT2D eigenvalue weighted by atomic mass is 10.1. The average molecular weight is 443 g/mol. The quantitative estimate of drug-likeness (QED) is 0.416. The molecule has 0 saturated carbocycles. The third-order valence-electron chi connectivity index (χ3n) is 5.27. The van der Waals surface area contributed by atoms with Crippen LogP contribution >= 0.6 is 0 Å². The molecule has 0 atom stereocenters. The van der Waals surface area contributed by atoms with Gasteiger partial charge in [0.05, 0.1) is 30.3 Å². The van der Waals surface area contributed by atoms with E-state index in [1.54, 1.807) is 43.9 Å². The number of nitrogens with zero attached hydrogens (tertiary/aromatic N) is 3. The number of carbonyl (C=O) groups excluding carboxylic acids is 1. The van der Waals surface area contributed by atoms with Crippen molar-refractivity contribution >= 4 is 11.6 Å². The third-order valence-corrected chi connectivity index (χ3v) is 5.27. The van der Waals surface area contributed by atoms with Crippen LogP contribution in [0.25, 0.3) is 5.69 Å². The number of aromatic nitrogens is 3. The Labute approximate surface area is 193 Å². The van der Waals surface area contributed by atoms with Crippen LogP contribution in [0.1, 0.15) is 34.1 Å². The predicted octanol–water partition coefficient (Wildman–Crippen LogP) is 4.98. The van der Waals surface area contributed by atoms with E-state index in [4.69, 9.17) is 9.47 Å². The second-order valence-electron chi connectivity index (χ2n) is 7.58. The lowest BCUT2D eigenvalue weighted by molar-refractivity contribution is 0.102. The fourth-order valence-electron chi connectivity index (χ4n) is 3.52. The number of ether oxygens (including phenoxy) is 2. The van der Waals surface area contributed by atoms with Gasteiger partial charge in [0, 0.05) is 29.7 Å². The molecule has 4 aromatic rings. The summed E-state index contributed by atoms with van der Waals surface area (Å²) in [7, 11) is 1.58. The van der Waals surface area contributed by atoms with Crippen molar-refractivity contribution in [2.24, 2.45) is 0 Å². The molecule has 0 radical (unpaired) electrons. The molecule has 1 N–H and O–H groups in total. The summed E-state index contributed by atoms with van der Waals surface area (Å²) in [5.41, 5.74) is 5.01. The van der Waals surface area contributed by atoms with Crippen molar-refractivity contribution in [2.75, 3.05) is 12.4 Å². The Hall–Kier alpha value is -4.13. The normalized spacial score (nSPS) is 10.6. The van der Waals surface area contributed by atoms with Gasteiger partial charge in [0.2, 0.25) is 0 Å². The van der Waals surface area contributed by atoms with Crippen molar-refractivity contribution in [2.45, 2.75) is 26.9 Å². The van der Waals surface area contributed by atoms with Crippen LogP contribution in [0.5, 0.6) is 11.5 Å². The van der Waals surface area contributed by atoms with Crippen LogP contribution in [0, 0.1) is 6.92 Å². The number of aryl methyl sites for hydroxylation is 1. The molecule has 1 amide bonds. The Bertz CT molecular complexity index is 1230. The van der Waals surface area contributed by atoms with Crippen LogP contribution in [0.2, 0.25) is 0 Å². The van der Waals surface area contributed by atoms with Crippen LogP contribution in [0.4, 0.5) is 5.69 Å². The lowest BCUT2D eigenvalue weighted by Gasteiger charge is -2.13. The maximum atomic E-state index is 13.1. The molecule has 0 unspecified atom stereocenters. The highest BCUT2D eigenvalue weighted by Crippen LogP contribution is 2.31. The van der Waals surface area contributed by atoms with Crippen molar-refractivity contribution < 1.29 is 14.3 Å². The molecule has 4 rings (SSSR count). The zero-order chi connectivity index (χ0) is 23.2. The summed E-state index contributed by atoms with van der Waals surface area (Å²) in [5, 5.41) is 7.42. The van der Waals surface area contributed by atoms with Gasteiger partial charge in [-0.1, -0.05) is 30.7 Å². The molecule has 168 valence electrons. The molecule has 2 aromatic heterocycles. The van der Waals surface area contributed by atoms with Gasteiger partial charge in [-0.05, 0) is 43.7 Å². The fourth-order valence-corrected chi connectivity index (χ4v) is 3.52. The highest BCUT2D eigenvalue weighted by atomic mass is 16.5. The van der Waals surface area contributed by atoms with Crippen molar-refractivity contribution in [3.05, 3.63) is 95.6 Å². The number of nitrogens with one attached hydrogen (secondary N) is 1. The van der Waals surface area contributed by atoms with Crippen molar-refractivity contribution in [3.63, 3.8) is 0 Å². The Morgan fingerprint density at radius 2 is 1.88 bits per heavy atom. The van der Waals surface area contributed by atoms with E-state index in [9.17, 15) is 4.79 Å². The minimum atomic E-state index is -0.228. The number of carbonyl (C=O) groups is 1. The first kappa shape index (κ1) is 22.1. The first-order valence-electron chi connectivity index (χ1n) is 10.7. The molecule has 0 fully saturated rings. The summed E-state index contributed by atoms with van der Waals surface area (Å²) in [6.45, 7) is 4.39. The number of rotatable bonds is 8. The van der Waals surface area contributed by atoms with Crippen LogP contribution in [-0.2, 0) is 13.0 Å². The molecule has 0 spiro atoms. The second kappa shape index (κ2) is 9.99. The van der Waals surface area contributed by atoms with Gasteiger partial charge in [-0.3, -0.25) is 9.78 Å². The molecule has 0 aliphatic rings. The summed E-state index contributed by atoms with van der Waals surface area (Å²) < 4.78 is 13.1. The predicted molar refractivity (Wildman–Crippen MR) is 127 cm³/mol. The molecule has 7 heteroatoms. The first-order chi connectivity index (χ1) is 16.1. The number of amides is 1. The van der Waals surface area contributed by atoms with Crippen molar-refractivity contribution in [1.82, 2.24) is 14.8 Å².